The van der Waals surface area contributed by atoms with Crippen molar-refractivity contribution in [3.63, 3.8) is 0 Å². The van der Waals surface area contributed by atoms with Gasteiger partial charge in [0.15, 0.2) is 0 Å². The Morgan fingerprint density at radius 3 is 2.48 bits per heavy atom. The molecule has 0 fully saturated rings. The van der Waals surface area contributed by atoms with Gasteiger partial charge in [-0.15, -0.1) is 0 Å². The number of anilines is 2. The van der Waals surface area contributed by atoms with E-state index in [1.54, 1.807) is 24.3 Å². The van der Waals surface area contributed by atoms with Crippen molar-refractivity contribution in [2.75, 3.05) is 16.6 Å². The highest BCUT2D eigenvalue weighted by Gasteiger charge is 1.98. The second kappa shape index (κ2) is 7.75. The van der Waals surface area contributed by atoms with Crippen molar-refractivity contribution >= 4 is 22.6 Å². The number of halogens is 1. The summed E-state index contributed by atoms with van der Waals surface area (Å²) in [6.07, 6.45) is 1.71. The van der Waals surface area contributed by atoms with Gasteiger partial charge < -0.3 is 5.32 Å². The Morgan fingerprint density at radius 2 is 1.81 bits per heavy atom. The largest absolute Gasteiger partial charge is 0.385 e. The molecule has 0 aromatic heterocycles. The van der Waals surface area contributed by atoms with E-state index in [4.69, 9.17) is 4.55 Å². The van der Waals surface area contributed by atoms with E-state index in [9.17, 15) is 8.60 Å². The van der Waals surface area contributed by atoms with Crippen LogP contribution in [0.15, 0.2) is 48.5 Å². The summed E-state index contributed by atoms with van der Waals surface area (Å²) in [5, 5.41) is 3.25. The lowest BCUT2D eigenvalue weighted by atomic mass is 10.1. The van der Waals surface area contributed by atoms with Crippen LogP contribution in [0.1, 0.15) is 12.0 Å². The minimum Gasteiger partial charge on any atom is -0.385 e. The monoisotopic (exact) mass is 308 g/mol. The molecule has 1 atom stereocenters. The molecule has 0 aliphatic heterocycles. The van der Waals surface area contributed by atoms with Crippen molar-refractivity contribution in [3.05, 3.63) is 59.9 Å². The van der Waals surface area contributed by atoms with E-state index < -0.39 is 11.3 Å². The van der Waals surface area contributed by atoms with E-state index in [1.165, 1.54) is 6.07 Å². The van der Waals surface area contributed by atoms with Crippen LogP contribution in [-0.2, 0) is 17.7 Å². The Kier molecular flexibility index (Phi) is 5.71. The van der Waals surface area contributed by atoms with Gasteiger partial charge in [-0.2, -0.15) is 0 Å². The molecule has 0 bridgehead atoms. The third-order valence-corrected chi connectivity index (χ3v) is 3.36. The molecule has 2 aromatic rings. The quantitative estimate of drug-likeness (QED) is 0.542. The first-order chi connectivity index (χ1) is 10.1. The maximum absolute atomic E-state index is 13.0. The van der Waals surface area contributed by atoms with Crippen LogP contribution in [0.4, 0.5) is 15.8 Å². The fourth-order valence-electron chi connectivity index (χ4n) is 1.97. The molecular weight excluding hydrogens is 291 g/mol. The lowest BCUT2D eigenvalue weighted by molar-refractivity contribution is 0.570. The van der Waals surface area contributed by atoms with Gasteiger partial charge in [-0.05, 0) is 54.8 Å². The number of hydrogen-bond donors (Lipinski definition) is 3. The van der Waals surface area contributed by atoms with Crippen LogP contribution in [0, 0.1) is 5.82 Å². The molecule has 21 heavy (non-hydrogen) atoms. The fourth-order valence-corrected chi connectivity index (χ4v) is 2.31. The summed E-state index contributed by atoms with van der Waals surface area (Å²) in [4.78, 5) is 0. The zero-order chi connectivity index (χ0) is 15.1. The molecule has 0 heterocycles. The summed E-state index contributed by atoms with van der Waals surface area (Å²) in [6.45, 7) is 0.773. The predicted molar refractivity (Wildman–Crippen MR) is 84.0 cm³/mol. The molecule has 1 unspecified atom stereocenters. The van der Waals surface area contributed by atoms with E-state index in [-0.39, 0.29) is 5.82 Å². The molecule has 0 amide bonds. The van der Waals surface area contributed by atoms with Crippen LogP contribution in [0.25, 0.3) is 0 Å². The molecule has 0 spiro atoms. The molecule has 0 saturated carbocycles. The highest BCUT2D eigenvalue weighted by atomic mass is 32.2. The second-order valence-corrected chi connectivity index (χ2v) is 5.29. The second-order valence-electron chi connectivity index (χ2n) is 4.59. The molecule has 2 aromatic carbocycles. The van der Waals surface area contributed by atoms with Crippen LogP contribution in [0.5, 0.6) is 0 Å². The Morgan fingerprint density at radius 1 is 1.10 bits per heavy atom. The molecule has 0 saturated heterocycles. The van der Waals surface area contributed by atoms with Gasteiger partial charge in [0, 0.05) is 17.9 Å². The first-order valence-corrected chi connectivity index (χ1v) is 7.70. The predicted octanol–water partition coefficient (Wildman–Crippen LogP) is 3.42. The van der Waals surface area contributed by atoms with Crippen molar-refractivity contribution in [2.24, 2.45) is 0 Å². The van der Waals surface area contributed by atoms with Crippen molar-refractivity contribution in [1.82, 2.24) is 0 Å². The zero-order valence-corrected chi connectivity index (χ0v) is 12.2. The van der Waals surface area contributed by atoms with E-state index in [1.807, 2.05) is 18.2 Å². The highest BCUT2D eigenvalue weighted by molar-refractivity contribution is 7.80. The van der Waals surface area contributed by atoms with Crippen molar-refractivity contribution in [2.45, 2.75) is 12.8 Å². The Balaban J connectivity index is 1.74. The van der Waals surface area contributed by atoms with Gasteiger partial charge in [0.25, 0.3) is 11.3 Å². The van der Waals surface area contributed by atoms with Gasteiger partial charge in [-0.25, -0.2) is 8.60 Å². The van der Waals surface area contributed by atoms with Crippen LogP contribution >= 0.6 is 0 Å². The maximum atomic E-state index is 13.0. The third kappa shape index (κ3) is 5.53. The minimum atomic E-state index is -2.05. The SMILES string of the molecule is O=S(O)Nc1ccc(NCCCc2cccc(F)c2)cc1. The average molecular weight is 308 g/mol. The highest BCUT2D eigenvalue weighted by Crippen LogP contribution is 2.14. The fraction of sp³-hybridized carbons (Fsp3) is 0.200. The van der Waals surface area contributed by atoms with Gasteiger partial charge in [-0.3, -0.25) is 9.27 Å². The standard InChI is InChI=1S/C15H17FN2O2S/c16-13-5-1-3-12(11-13)4-2-10-17-14-6-8-15(9-7-14)18-21(19)20/h1,3,5-9,11,17-18H,2,4,10H2,(H,19,20). The van der Waals surface area contributed by atoms with Gasteiger partial charge in [-0.1, -0.05) is 12.1 Å². The lowest BCUT2D eigenvalue weighted by Gasteiger charge is -2.08. The number of nitrogens with one attached hydrogen (secondary N) is 2. The van der Waals surface area contributed by atoms with E-state index in [2.05, 4.69) is 10.0 Å². The Hall–Kier alpha value is -1.92. The number of rotatable bonds is 7. The van der Waals surface area contributed by atoms with Gasteiger partial charge in [0.1, 0.15) is 5.82 Å². The normalized spacial score (nSPS) is 11.9. The van der Waals surface area contributed by atoms with Crippen LogP contribution in [-0.4, -0.2) is 15.3 Å². The Bertz CT molecular complexity index is 605. The third-order valence-electron chi connectivity index (χ3n) is 2.95. The zero-order valence-electron chi connectivity index (χ0n) is 11.4. The molecule has 0 aliphatic rings. The number of aryl methyl sites for hydroxylation is 1. The average Bonchev–Trinajstić information content (AvgIpc) is 2.45. The smallest absolute Gasteiger partial charge is 0.259 e. The van der Waals surface area contributed by atoms with Crippen LogP contribution in [0.3, 0.4) is 0 Å². The van der Waals surface area contributed by atoms with E-state index >= 15 is 0 Å². The summed E-state index contributed by atoms with van der Waals surface area (Å²) in [5.41, 5.74) is 2.51. The molecule has 2 rings (SSSR count). The van der Waals surface area contributed by atoms with Crippen molar-refractivity contribution < 1.29 is 13.2 Å². The van der Waals surface area contributed by atoms with Gasteiger partial charge >= 0.3 is 0 Å². The summed E-state index contributed by atoms with van der Waals surface area (Å²) in [6, 6.07) is 13.7. The van der Waals surface area contributed by atoms with Gasteiger partial charge in [0.05, 0.1) is 0 Å². The van der Waals surface area contributed by atoms with Gasteiger partial charge in [0.2, 0.25) is 0 Å². The molecule has 0 aliphatic carbocycles. The first-order valence-electron chi connectivity index (χ1n) is 6.59. The van der Waals surface area contributed by atoms with E-state index in [0.717, 1.165) is 30.6 Å². The lowest BCUT2D eigenvalue weighted by Crippen LogP contribution is -2.04. The minimum absolute atomic E-state index is 0.204. The van der Waals surface area contributed by atoms with Crippen LogP contribution in [0.2, 0.25) is 0 Å². The first kappa shape index (κ1) is 15.5. The van der Waals surface area contributed by atoms with E-state index in [0.29, 0.717) is 5.69 Å². The van der Waals surface area contributed by atoms with Crippen LogP contribution < -0.4 is 10.0 Å². The number of benzene rings is 2. The van der Waals surface area contributed by atoms with Crippen molar-refractivity contribution in [3.8, 4) is 0 Å². The summed E-state index contributed by atoms with van der Waals surface area (Å²) < 4.78 is 34.7. The molecule has 0 radical (unpaired) electrons. The molecular formula is C15H17FN2O2S. The molecule has 6 heteroatoms. The van der Waals surface area contributed by atoms with Crippen molar-refractivity contribution in [1.29, 1.82) is 0 Å². The molecule has 4 nitrogen and oxygen atoms in total. The maximum Gasteiger partial charge on any atom is 0.259 e. The molecule has 3 N–H and O–H groups in total. The summed E-state index contributed by atoms with van der Waals surface area (Å²) >= 11 is -2.05. The summed E-state index contributed by atoms with van der Waals surface area (Å²) in [7, 11) is 0. The topological polar surface area (TPSA) is 61.4 Å². The number of hydrogen-bond acceptors (Lipinski definition) is 2. The summed E-state index contributed by atoms with van der Waals surface area (Å²) in [5.74, 6) is -0.204. The molecule has 112 valence electrons. The Labute approximate surface area is 125 Å².